The molecule has 142 valence electrons. The number of halogens is 1. The molecule has 1 aliphatic rings. The van der Waals surface area contributed by atoms with E-state index in [4.69, 9.17) is 25.8 Å². The van der Waals surface area contributed by atoms with Crippen LogP contribution < -0.4 is 14.8 Å². The fraction of sp³-hybridized carbons (Fsp3) is 0.263. The highest BCUT2D eigenvalue weighted by Crippen LogP contribution is 2.38. The van der Waals surface area contributed by atoms with Crippen LogP contribution in [-0.4, -0.2) is 31.2 Å². The van der Waals surface area contributed by atoms with Crippen molar-refractivity contribution in [3.05, 3.63) is 51.2 Å². The molecule has 1 N–H and O–H groups in total. The van der Waals surface area contributed by atoms with Crippen molar-refractivity contribution >= 4 is 40.9 Å². The fourth-order valence-electron chi connectivity index (χ4n) is 2.39. The van der Waals surface area contributed by atoms with E-state index in [9.17, 15) is 9.59 Å². The van der Waals surface area contributed by atoms with Crippen LogP contribution in [0.15, 0.2) is 35.7 Å². The van der Waals surface area contributed by atoms with Crippen molar-refractivity contribution in [3.63, 3.8) is 0 Å². The number of hydrogen-bond donors (Lipinski definition) is 1. The van der Waals surface area contributed by atoms with Gasteiger partial charge in [-0.15, -0.1) is 11.3 Å². The molecular formula is C19H18ClNO5S. The zero-order valence-corrected chi connectivity index (χ0v) is 16.1. The van der Waals surface area contributed by atoms with Crippen molar-refractivity contribution in [2.45, 2.75) is 19.6 Å². The molecule has 0 unspecified atom stereocenters. The Bertz CT molecular complexity index is 850. The molecule has 2 aromatic rings. The third-order valence-electron chi connectivity index (χ3n) is 3.71. The van der Waals surface area contributed by atoms with Crippen LogP contribution in [0, 0.1) is 0 Å². The van der Waals surface area contributed by atoms with E-state index in [0.29, 0.717) is 41.8 Å². The summed E-state index contributed by atoms with van der Waals surface area (Å²) >= 11 is 7.70. The fourth-order valence-corrected chi connectivity index (χ4v) is 3.31. The second-order valence-corrected chi connectivity index (χ2v) is 7.18. The monoisotopic (exact) mass is 407 g/mol. The van der Waals surface area contributed by atoms with Crippen LogP contribution in [-0.2, 0) is 20.9 Å². The summed E-state index contributed by atoms with van der Waals surface area (Å²) in [5.74, 6) is 0.0501. The van der Waals surface area contributed by atoms with Gasteiger partial charge in [-0.05, 0) is 42.1 Å². The Labute approximate surface area is 165 Å². The van der Waals surface area contributed by atoms with Crippen LogP contribution in [0.2, 0.25) is 5.02 Å². The van der Waals surface area contributed by atoms with Crippen LogP contribution in [0.5, 0.6) is 11.5 Å². The number of benzene rings is 1. The predicted molar refractivity (Wildman–Crippen MR) is 103 cm³/mol. The lowest BCUT2D eigenvalue weighted by atomic mass is 10.2. The molecule has 0 aliphatic carbocycles. The molecule has 2 heterocycles. The Morgan fingerprint density at radius 3 is 2.96 bits per heavy atom. The zero-order valence-electron chi connectivity index (χ0n) is 14.6. The second-order valence-electron chi connectivity index (χ2n) is 5.74. The summed E-state index contributed by atoms with van der Waals surface area (Å²) in [6, 6.07) is 7.21. The third kappa shape index (κ3) is 5.24. The SMILES string of the molecule is C[C@@H](OC(=O)/C=C/c1cc(Cl)c2c(c1)OCCO2)C(=O)NCc1cccs1. The maximum atomic E-state index is 12.0. The van der Waals surface area contributed by atoms with E-state index in [1.54, 1.807) is 29.5 Å². The average Bonchev–Trinajstić information content (AvgIpc) is 3.18. The average molecular weight is 408 g/mol. The molecule has 1 amide bonds. The van der Waals surface area contributed by atoms with Crippen molar-refractivity contribution in [1.29, 1.82) is 0 Å². The molecule has 3 rings (SSSR count). The lowest BCUT2D eigenvalue weighted by Gasteiger charge is -2.19. The summed E-state index contributed by atoms with van der Waals surface area (Å²) in [6.45, 7) is 2.82. The van der Waals surface area contributed by atoms with E-state index in [0.717, 1.165) is 4.88 Å². The van der Waals surface area contributed by atoms with Gasteiger partial charge in [0, 0.05) is 11.0 Å². The highest BCUT2D eigenvalue weighted by molar-refractivity contribution is 7.09. The van der Waals surface area contributed by atoms with Crippen LogP contribution in [0.25, 0.3) is 6.08 Å². The van der Waals surface area contributed by atoms with E-state index in [-0.39, 0.29) is 5.91 Å². The summed E-state index contributed by atoms with van der Waals surface area (Å²) in [4.78, 5) is 25.0. The van der Waals surface area contributed by atoms with Gasteiger partial charge in [0.25, 0.3) is 5.91 Å². The van der Waals surface area contributed by atoms with Gasteiger partial charge in [0.1, 0.15) is 13.2 Å². The van der Waals surface area contributed by atoms with Crippen molar-refractivity contribution in [2.24, 2.45) is 0 Å². The summed E-state index contributed by atoms with van der Waals surface area (Å²) in [5.41, 5.74) is 0.663. The van der Waals surface area contributed by atoms with Crippen LogP contribution in [0.4, 0.5) is 0 Å². The summed E-state index contributed by atoms with van der Waals surface area (Å²) in [5, 5.41) is 5.06. The van der Waals surface area contributed by atoms with Gasteiger partial charge in [0.2, 0.25) is 0 Å². The van der Waals surface area contributed by atoms with Gasteiger partial charge in [-0.2, -0.15) is 0 Å². The minimum Gasteiger partial charge on any atom is -0.486 e. The third-order valence-corrected chi connectivity index (χ3v) is 4.87. The number of ether oxygens (including phenoxy) is 3. The summed E-state index contributed by atoms with van der Waals surface area (Å²) in [7, 11) is 0. The van der Waals surface area contributed by atoms with Gasteiger partial charge >= 0.3 is 5.97 Å². The number of fused-ring (bicyclic) bond motifs is 1. The molecule has 0 saturated heterocycles. The first-order valence-electron chi connectivity index (χ1n) is 8.31. The lowest BCUT2D eigenvalue weighted by molar-refractivity contribution is -0.150. The van der Waals surface area contributed by atoms with Crippen LogP contribution in [0.3, 0.4) is 0 Å². The second kappa shape index (κ2) is 8.92. The Hall–Kier alpha value is -2.51. The number of thiophene rings is 1. The topological polar surface area (TPSA) is 73.9 Å². The maximum absolute atomic E-state index is 12.0. The molecule has 1 atom stereocenters. The molecular weight excluding hydrogens is 390 g/mol. The molecule has 1 aromatic carbocycles. The number of nitrogens with one attached hydrogen (secondary N) is 1. The molecule has 27 heavy (non-hydrogen) atoms. The van der Waals surface area contributed by atoms with Gasteiger partial charge in [-0.1, -0.05) is 17.7 Å². The van der Waals surface area contributed by atoms with E-state index in [2.05, 4.69) is 5.32 Å². The number of carbonyl (C=O) groups excluding carboxylic acids is 2. The van der Waals surface area contributed by atoms with Crippen molar-refractivity contribution in [1.82, 2.24) is 5.32 Å². The first-order chi connectivity index (χ1) is 13.0. The summed E-state index contributed by atoms with van der Waals surface area (Å²) in [6.07, 6.45) is 1.89. The maximum Gasteiger partial charge on any atom is 0.331 e. The molecule has 8 heteroatoms. The Morgan fingerprint density at radius 2 is 2.19 bits per heavy atom. The minimum atomic E-state index is -0.897. The largest absolute Gasteiger partial charge is 0.486 e. The Balaban J connectivity index is 1.53. The van der Waals surface area contributed by atoms with Crippen molar-refractivity contribution in [2.75, 3.05) is 13.2 Å². The Kier molecular flexibility index (Phi) is 6.36. The van der Waals surface area contributed by atoms with Crippen LogP contribution >= 0.6 is 22.9 Å². The predicted octanol–water partition coefficient (Wildman–Crippen LogP) is 3.43. The number of hydrogen-bond acceptors (Lipinski definition) is 6. The standard InChI is InChI=1S/C19H18ClNO5S/c1-12(19(23)21-11-14-3-2-8-27-14)26-17(22)5-4-13-9-15(20)18-16(10-13)24-6-7-25-18/h2-5,8-10,12H,6-7,11H2,1H3,(H,21,23)/b5-4+/t12-/m1/s1. The van der Waals surface area contributed by atoms with Crippen molar-refractivity contribution < 1.29 is 23.8 Å². The van der Waals surface area contributed by atoms with Gasteiger partial charge in [-0.25, -0.2) is 4.79 Å². The molecule has 1 aromatic heterocycles. The number of rotatable bonds is 6. The lowest BCUT2D eigenvalue weighted by Crippen LogP contribution is -2.34. The van der Waals surface area contributed by atoms with Gasteiger partial charge in [0.15, 0.2) is 17.6 Å². The van der Waals surface area contributed by atoms with E-state index < -0.39 is 12.1 Å². The quantitative estimate of drug-likeness (QED) is 0.586. The zero-order chi connectivity index (χ0) is 19.2. The number of amides is 1. The summed E-state index contributed by atoms with van der Waals surface area (Å²) < 4.78 is 16.1. The Morgan fingerprint density at radius 1 is 1.37 bits per heavy atom. The van der Waals surface area contributed by atoms with E-state index >= 15 is 0 Å². The molecule has 1 aliphatic heterocycles. The van der Waals surface area contributed by atoms with Crippen molar-refractivity contribution in [3.8, 4) is 11.5 Å². The van der Waals surface area contributed by atoms with Gasteiger partial charge < -0.3 is 19.5 Å². The van der Waals surface area contributed by atoms with E-state index in [1.165, 1.54) is 13.0 Å². The molecule has 0 spiro atoms. The molecule has 0 saturated carbocycles. The highest BCUT2D eigenvalue weighted by atomic mass is 35.5. The molecule has 6 nitrogen and oxygen atoms in total. The van der Waals surface area contributed by atoms with E-state index in [1.807, 2.05) is 17.5 Å². The molecule has 0 fully saturated rings. The first-order valence-corrected chi connectivity index (χ1v) is 9.56. The van der Waals surface area contributed by atoms with Gasteiger partial charge in [0.05, 0.1) is 11.6 Å². The highest BCUT2D eigenvalue weighted by Gasteiger charge is 2.17. The van der Waals surface area contributed by atoms with Crippen LogP contribution in [0.1, 0.15) is 17.4 Å². The normalized spacial score (nSPS) is 14.0. The molecule has 0 radical (unpaired) electrons. The molecule has 0 bridgehead atoms. The number of carbonyl (C=O) groups is 2. The number of esters is 1. The minimum absolute atomic E-state index is 0.354. The first kappa shape index (κ1) is 19.3. The van der Waals surface area contributed by atoms with Gasteiger partial charge in [-0.3, -0.25) is 4.79 Å². The smallest absolute Gasteiger partial charge is 0.331 e.